The van der Waals surface area contributed by atoms with Crippen molar-refractivity contribution in [1.29, 1.82) is 0 Å². The monoisotopic (exact) mass is 271 g/mol. The highest BCUT2D eigenvalue weighted by atomic mass is 19.1. The number of carboxylic acids is 1. The van der Waals surface area contributed by atoms with Crippen LogP contribution < -0.4 is 5.32 Å². The number of nitrogens with one attached hydrogen (secondary N) is 2. The van der Waals surface area contributed by atoms with Gasteiger partial charge < -0.3 is 15.4 Å². The average Bonchev–Trinajstić information content (AvgIpc) is 2.91. The predicted molar refractivity (Wildman–Crippen MR) is 72.7 cm³/mol. The molecule has 6 heteroatoms. The van der Waals surface area contributed by atoms with Crippen LogP contribution in [0, 0.1) is 5.82 Å². The Hall–Kier alpha value is -2.89. The summed E-state index contributed by atoms with van der Waals surface area (Å²) in [6, 6.07) is 10.2. The number of fused-ring (bicyclic) bond motifs is 1. The largest absolute Gasteiger partial charge is 0.478 e. The number of hydrogen-bond donors (Lipinski definition) is 3. The van der Waals surface area contributed by atoms with Crippen molar-refractivity contribution in [1.82, 2.24) is 9.97 Å². The topological polar surface area (TPSA) is 78.0 Å². The maximum absolute atomic E-state index is 14.4. The molecule has 1 heterocycles. The molecular weight excluding hydrogens is 261 g/mol. The summed E-state index contributed by atoms with van der Waals surface area (Å²) in [6.45, 7) is 0. The Bertz CT molecular complexity index is 784. The van der Waals surface area contributed by atoms with E-state index in [0.717, 1.165) is 0 Å². The predicted octanol–water partition coefficient (Wildman–Crippen LogP) is 3.14. The number of para-hydroxylation sites is 1. The molecule has 1 aromatic heterocycles. The summed E-state index contributed by atoms with van der Waals surface area (Å²) in [5.41, 5.74) is 0.808. The molecule has 0 bridgehead atoms. The molecule has 0 aliphatic heterocycles. The van der Waals surface area contributed by atoms with Crippen LogP contribution >= 0.6 is 0 Å². The lowest BCUT2D eigenvalue weighted by Gasteiger charge is -2.11. The summed E-state index contributed by atoms with van der Waals surface area (Å²) in [7, 11) is 0. The number of carbonyl (C=O) groups is 1. The summed E-state index contributed by atoms with van der Waals surface area (Å²) in [5.74, 6) is -1.90. The van der Waals surface area contributed by atoms with E-state index in [1.165, 1.54) is 12.4 Å². The fraction of sp³-hybridized carbons (Fsp3) is 0. The van der Waals surface area contributed by atoms with E-state index in [0.29, 0.717) is 11.2 Å². The van der Waals surface area contributed by atoms with Gasteiger partial charge >= 0.3 is 5.97 Å². The highest BCUT2D eigenvalue weighted by Gasteiger charge is 2.19. The number of aromatic amines is 1. The lowest BCUT2D eigenvalue weighted by molar-refractivity contribution is 0.0697. The lowest BCUT2D eigenvalue weighted by atomic mass is 10.1. The Morgan fingerprint density at radius 3 is 2.75 bits per heavy atom. The Kier molecular flexibility index (Phi) is 2.83. The van der Waals surface area contributed by atoms with Gasteiger partial charge in [-0.3, -0.25) is 0 Å². The third kappa shape index (κ3) is 1.97. The molecule has 0 unspecified atom stereocenters. The normalized spacial score (nSPS) is 10.7. The third-order valence-corrected chi connectivity index (χ3v) is 2.93. The van der Waals surface area contributed by atoms with Gasteiger partial charge in [-0.25, -0.2) is 14.2 Å². The van der Waals surface area contributed by atoms with E-state index in [-0.39, 0.29) is 16.8 Å². The zero-order chi connectivity index (χ0) is 14.1. The van der Waals surface area contributed by atoms with E-state index in [9.17, 15) is 14.3 Å². The Morgan fingerprint density at radius 1 is 1.30 bits per heavy atom. The molecule has 0 aliphatic carbocycles. The maximum atomic E-state index is 14.4. The number of hydrogen-bond acceptors (Lipinski definition) is 3. The van der Waals surface area contributed by atoms with Gasteiger partial charge in [0.05, 0.1) is 23.1 Å². The second-order valence-electron chi connectivity index (χ2n) is 4.21. The number of carboxylic acid groups (broad SMARTS) is 1. The molecule has 3 rings (SSSR count). The van der Waals surface area contributed by atoms with Crippen molar-refractivity contribution in [2.45, 2.75) is 0 Å². The van der Waals surface area contributed by atoms with Gasteiger partial charge in [-0.1, -0.05) is 18.2 Å². The van der Waals surface area contributed by atoms with Crippen LogP contribution in [0.1, 0.15) is 10.4 Å². The Balaban J connectivity index is 2.19. The van der Waals surface area contributed by atoms with Crippen molar-refractivity contribution >= 4 is 28.4 Å². The van der Waals surface area contributed by atoms with Crippen molar-refractivity contribution in [2.24, 2.45) is 0 Å². The third-order valence-electron chi connectivity index (χ3n) is 2.93. The Labute approximate surface area is 113 Å². The number of nitrogens with zero attached hydrogens (tertiary/aromatic N) is 1. The minimum atomic E-state index is -1.21. The number of aromatic carboxylic acids is 1. The van der Waals surface area contributed by atoms with E-state index in [2.05, 4.69) is 15.3 Å². The van der Waals surface area contributed by atoms with Crippen molar-refractivity contribution in [3.8, 4) is 0 Å². The van der Waals surface area contributed by atoms with Gasteiger partial charge in [-0.05, 0) is 18.2 Å². The van der Waals surface area contributed by atoms with Crippen molar-refractivity contribution in [3.05, 3.63) is 54.1 Å². The van der Waals surface area contributed by atoms with Gasteiger partial charge in [0.15, 0.2) is 5.82 Å². The highest BCUT2D eigenvalue weighted by molar-refractivity contribution is 6.00. The molecule has 0 amide bonds. The molecule has 3 aromatic rings. The lowest BCUT2D eigenvalue weighted by Crippen LogP contribution is -2.05. The summed E-state index contributed by atoms with van der Waals surface area (Å²) < 4.78 is 14.4. The van der Waals surface area contributed by atoms with E-state index in [4.69, 9.17) is 0 Å². The van der Waals surface area contributed by atoms with Crippen LogP contribution in [0.3, 0.4) is 0 Å². The van der Waals surface area contributed by atoms with Gasteiger partial charge in [0.2, 0.25) is 0 Å². The van der Waals surface area contributed by atoms with E-state index in [1.54, 1.807) is 24.3 Å². The average molecular weight is 271 g/mol. The zero-order valence-electron chi connectivity index (χ0n) is 10.2. The minimum Gasteiger partial charge on any atom is -0.478 e. The minimum absolute atomic E-state index is 0.0942. The first kappa shape index (κ1) is 12.2. The van der Waals surface area contributed by atoms with Crippen LogP contribution in [0.2, 0.25) is 0 Å². The van der Waals surface area contributed by atoms with Crippen LogP contribution in [0.5, 0.6) is 0 Å². The first-order valence-corrected chi connectivity index (χ1v) is 5.88. The van der Waals surface area contributed by atoms with Crippen LogP contribution in [-0.4, -0.2) is 21.0 Å². The van der Waals surface area contributed by atoms with Crippen LogP contribution in [-0.2, 0) is 0 Å². The van der Waals surface area contributed by atoms with Gasteiger partial charge in [-0.15, -0.1) is 0 Å². The SMILES string of the molecule is O=C(O)c1cc2[nH]cnc2c(F)c1Nc1ccccc1. The summed E-state index contributed by atoms with van der Waals surface area (Å²) in [5, 5.41) is 12.0. The first-order chi connectivity index (χ1) is 9.66. The summed E-state index contributed by atoms with van der Waals surface area (Å²) in [6.07, 6.45) is 1.33. The molecule has 2 aromatic carbocycles. The Morgan fingerprint density at radius 2 is 2.05 bits per heavy atom. The number of H-pyrrole nitrogens is 1. The van der Waals surface area contributed by atoms with Gasteiger partial charge in [0, 0.05) is 5.69 Å². The number of aromatic nitrogens is 2. The van der Waals surface area contributed by atoms with Crippen molar-refractivity contribution in [2.75, 3.05) is 5.32 Å². The molecule has 0 fully saturated rings. The molecule has 3 N–H and O–H groups in total. The number of halogens is 1. The van der Waals surface area contributed by atoms with Crippen LogP contribution in [0.4, 0.5) is 15.8 Å². The molecule has 20 heavy (non-hydrogen) atoms. The molecule has 100 valence electrons. The second-order valence-corrected chi connectivity index (χ2v) is 4.21. The van der Waals surface area contributed by atoms with Crippen molar-refractivity contribution < 1.29 is 14.3 Å². The highest BCUT2D eigenvalue weighted by Crippen LogP contribution is 2.29. The second kappa shape index (κ2) is 4.65. The standard InChI is InChI=1S/C14H10FN3O2/c15-11-12(18-8-4-2-1-3-5-8)9(14(19)20)6-10-13(11)17-7-16-10/h1-7,18H,(H,16,17)(H,19,20). The molecule has 0 saturated carbocycles. The molecular formula is C14H10FN3O2. The quantitative estimate of drug-likeness (QED) is 0.683. The van der Waals surface area contributed by atoms with E-state index < -0.39 is 11.8 Å². The molecule has 0 saturated heterocycles. The number of anilines is 2. The summed E-state index contributed by atoms with van der Waals surface area (Å²) >= 11 is 0. The first-order valence-electron chi connectivity index (χ1n) is 5.88. The summed E-state index contributed by atoms with van der Waals surface area (Å²) in [4.78, 5) is 17.9. The smallest absolute Gasteiger partial charge is 0.338 e. The maximum Gasteiger partial charge on any atom is 0.338 e. The number of imidazole rings is 1. The fourth-order valence-corrected chi connectivity index (χ4v) is 2.00. The van der Waals surface area contributed by atoms with E-state index in [1.807, 2.05) is 6.07 Å². The molecule has 0 radical (unpaired) electrons. The molecule has 5 nitrogen and oxygen atoms in total. The number of rotatable bonds is 3. The molecule has 0 atom stereocenters. The van der Waals surface area contributed by atoms with Crippen LogP contribution in [0.15, 0.2) is 42.7 Å². The molecule has 0 spiro atoms. The van der Waals surface area contributed by atoms with Gasteiger partial charge in [0.1, 0.15) is 5.52 Å². The number of benzene rings is 2. The van der Waals surface area contributed by atoms with Gasteiger partial charge in [0.25, 0.3) is 0 Å². The van der Waals surface area contributed by atoms with Gasteiger partial charge in [-0.2, -0.15) is 0 Å². The molecule has 0 aliphatic rings. The fourth-order valence-electron chi connectivity index (χ4n) is 2.00. The van der Waals surface area contributed by atoms with Crippen LogP contribution in [0.25, 0.3) is 11.0 Å². The van der Waals surface area contributed by atoms with E-state index >= 15 is 0 Å². The zero-order valence-corrected chi connectivity index (χ0v) is 10.2. The van der Waals surface area contributed by atoms with Crippen molar-refractivity contribution in [3.63, 3.8) is 0 Å².